The van der Waals surface area contributed by atoms with Gasteiger partial charge >= 0.3 is 0 Å². The zero-order valence-corrected chi connectivity index (χ0v) is 15.2. The van der Waals surface area contributed by atoms with Crippen molar-refractivity contribution in [2.24, 2.45) is 17.3 Å². The van der Waals surface area contributed by atoms with Gasteiger partial charge in [0.05, 0.1) is 20.3 Å². The Morgan fingerprint density at radius 1 is 1.08 bits per heavy atom. The summed E-state index contributed by atoms with van der Waals surface area (Å²) in [6.07, 6.45) is 8.01. The van der Waals surface area contributed by atoms with Gasteiger partial charge < -0.3 is 14.6 Å². The first kappa shape index (κ1) is 16.3. The van der Waals surface area contributed by atoms with Gasteiger partial charge in [-0.2, -0.15) is 0 Å². The lowest BCUT2D eigenvalue weighted by Crippen LogP contribution is -2.45. The molecule has 2 saturated carbocycles. The normalized spacial score (nSPS) is 37.3. The van der Waals surface area contributed by atoms with Gasteiger partial charge in [-0.05, 0) is 91.4 Å². The van der Waals surface area contributed by atoms with Crippen LogP contribution < -0.4 is 9.47 Å². The number of methoxy groups -OCH3 is 2. The lowest BCUT2D eigenvalue weighted by Gasteiger charge is -2.51. The Kier molecular flexibility index (Phi) is 4.03. The van der Waals surface area contributed by atoms with Gasteiger partial charge in [-0.15, -0.1) is 0 Å². The van der Waals surface area contributed by atoms with Crippen LogP contribution in [0.5, 0.6) is 11.5 Å². The van der Waals surface area contributed by atoms with Gasteiger partial charge in [0.2, 0.25) is 0 Å². The van der Waals surface area contributed by atoms with Crippen molar-refractivity contribution in [3.8, 4) is 11.5 Å². The lowest BCUT2D eigenvalue weighted by molar-refractivity contribution is -0.0394. The van der Waals surface area contributed by atoms with Crippen LogP contribution in [0.4, 0.5) is 0 Å². The number of benzene rings is 1. The standard InChI is InChI=1S/C21H30O3/c1-4-21-10-9-14-15(17(21)7-8-20(21)22)6-5-13-11-18(23-2)19(24-3)12-16(13)14/h11-12,14-15,17,20,22H,4-10H2,1-3H3/t14-,15+,17-,20-,21-/m0/s1. The SMILES string of the molecule is CC[C@]12CC[C@@H]3c4cc(OC)c(OC)cc4CC[C@H]3[C@@H]1CC[C@@H]2O. The second-order valence-corrected chi connectivity index (χ2v) is 8.04. The molecule has 4 rings (SSSR count). The van der Waals surface area contributed by atoms with E-state index in [1.54, 1.807) is 14.2 Å². The Balaban J connectivity index is 1.72. The average Bonchev–Trinajstić information content (AvgIpc) is 2.97. The zero-order valence-electron chi connectivity index (χ0n) is 15.2. The number of hydrogen-bond acceptors (Lipinski definition) is 3. The second kappa shape index (κ2) is 5.94. The quantitative estimate of drug-likeness (QED) is 0.897. The molecule has 0 saturated heterocycles. The smallest absolute Gasteiger partial charge is 0.161 e. The molecule has 3 aliphatic rings. The number of hydrogen-bond donors (Lipinski definition) is 1. The molecule has 3 heteroatoms. The Bertz CT molecular complexity index is 626. The van der Waals surface area contributed by atoms with Gasteiger partial charge in [0.25, 0.3) is 0 Å². The van der Waals surface area contributed by atoms with Crippen LogP contribution in [0.1, 0.15) is 62.5 Å². The summed E-state index contributed by atoms with van der Waals surface area (Å²) in [5.74, 6) is 3.75. The highest BCUT2D eigenvalue weighted by atomic mass is 16.5. The van der Waals surface area contributed by atoms with Gasteiger partial charge in [0.15, 0.2) is 11.5 Å². The molecule has 1 aromatic rings. The molecule has 24 heavy (non-hydrogen) atoms. The molecule has 0 aliphatic heterocycles. The van der Waals surface area contributed by atoms with E-state index < -0.39 is 0 Å². The first-order valence-electron chi connectivity index (χ1n) is 9.57. The summed E-state index contributed by atoms with van der Waals surface area (Å²) < 4.78 is 11.1. The molecule has 0 radical (unpaired) electrons. The average molecular weight is 330 g/mol. The van der Waals surface area contributed by atoms with Gasteiger partial charge in [0.1, 0.15) is 0 Å². The molecule has 5 atom stereocenters. The van der Waals surface area contributed by atoms with Crippen molar-refractivity contribution in [3.05, 3.63) is 23.3 Å². The summed E-state index contributed by atoms with van der Waals surface area (Å²) in [4.78, 5) is 0. The fourth-order valence-electron chi connectivity index (χ4n) is 6.35. The Morgan fingerprint density at radius 3 is 2.54 bits per heavy atom. The fourth-order valence-corrected chi connectivity index (χ4v) is 6.35. The number of ether oxygens (including phenoxy) is 2. The molecule has 2 fully saturated rings. The number of rotatable bonds is 3. The second-order valence-electron chi connectivity index (χ2n) is 8.04. The monoisotopic (exact) mass is 330 g/mol. The fraction of sp³-hybridized carbons (Fsp3) is 0.714. The summed E-state index contributed by atoms with van der Waals surface area (Å²) in [6.45, 7) is 2.28. The minimum absolute atomic E-state index is 0.0831. The molecule has 0 spiro atoms. The largest absolute Gasteiger partial charge is 0.493 e. The minimum atomic E-state index is -0.0831. The maximum absolute atomic E-state index is 10.7. The molecule has 3 nitrogen and oxygen atoms in total. The number of aryl methyl sites for hydroxylation is 1. The van der Waals surface area contributed by atoms with Crippen LogP contribution in [0, 0.1) is 17.3 Å². The molecular formula is C21H30O3. The van der Waals surface area contributed by atoms with Gasteiger partial charge in [-0.25, -0.2) is 0 Å². The van der Waals surface area contributed by atoms with Gasteiger partial charge in [-0.1, -0.05) is 6.92 Å². The zero-order chi connectivity index (χ0) is 16.9. The van der Waals surface area contributed by atoms with Crippen molar-refractivity contribution >= 4 is 0 Å². The molecule has 0 bridgehead atoms. The molecule has 3 aliphatic carbocycles. The van der Waals surface area contributed by atoms with E-state index in [2.05, 4.69) is 19.1 Å². The highest BCUT2D eigenvalue weighted by molar-refractivity contribution is 5.50. The third-order valence-corrected chi connectivity index (χ3v) is 7.56. The van der Waals surface area contributed by atoms with Crippen LogP contribution >= 0.6 is 0 Å². The molecule has 0 heterocycles. The van der Waals surface area contributed by atoms with Crippen LogP contribution in [0.15, 0.2) is 12.1 Å². The predicted octanol–water partition coefficient (Wildman–Crippen LogP) is 4.31. The minimum Gasteiger partial charge on any atom is -0.493 e. The summed E-state index contributed by atoms with van der Waals surface area (Å²) >= 11 is 0. The van der Waals surface area contributed by atoms with E-state index in [-0.39, 0.29) is 11.5 Å². The van der Waals surface area contributed by atoms with E-state index in [1.165, 1.54) is 36.8 Å². The molecule has 1 N–H and O–H groups in total. The van der Waals surface area contributed by atoms with Gasteiger partial charge in [-0.3, -0.25) is 0 Å². The van der Waals surface area contributed by atoms with Crippen LogP contribution in [-0.4, -0.2) is 25.4 Å². The van der Waals surface area contributed by atoms with Crippen molar-refractivity contribution in [3.63, 3.8) is 0 Å². The van der Waals surface area contributed by atoms with E-state index in [0.717, 1.165) is 36.7 Å². The molecular weight excluding hydrogens is 300 g/mol. The Morgan fingerprint density at radius 2 is 1.83 bits per heavy atom. The Labute approximate surface area is 145 Å². The third-order valence-electron chi connectivity index (χ3n) is 7.56. The number of fused-ring (bicyclic) bond motifs is 5. The first-order valence-corrected chi connectivity index (χ1v) is 9.57. The summed E-state index contributed by atoms with van der Waals surface area (Å²) in [5, 5.41) is 10.7. The van der Waals surface area contributed by atoms with Crippen LogP contribution in [-0.2, 0) is 6.42 Å². The predicted molar refractivity (Wildman–Crippen MR) is 94.8 cm³/mol. The molecule has 1 aromatic carbocycles. The van der Waals surface area contributed by atoms with Crippen molar-refractivity contribution < 1.29 is 14.6 Å². The maximum Gasteiger partial charge on any atom is 0.161 e. The summed E-state index contributed by atoms with van der Waals surface area (Å²) in [5.41, 5.74) is 3.11. The molecule has 0 amide bonds. The van der Waals surface area contributed by atoms with Crippen molar-refractivity contribution in [1.29, 1.82) is 0 Å². The van der Waals surface area contributed by atoms with Crippen molar-refractivity contribution in [2.45, 2.75) is 63.9 Å². The third kappa shape index (κ3) is 2.13. The van der Waals surface area contributed by atoms with E-state index in [1.807, 2.05) is 0 Å². The highest BCUT2D eigenvalue weighted by Crippen LogP contribution is 2.62. The molecule has 0 unspecified atom stereocenters. The molecule has 0 aromatic heterocycles. The summed E-state index contributed by atoms with van der Waals surface area (Å²) in [7, 11) is 3.44. The number of aliphatic hydroxyl groups excluding tert-OH is 1. The Hall–Kier alpha value is -1.22. The van der Waals surface area contributed by atoms with E-state index in [9.17, 15) is 5.11 Å². The maximum atomic E-state index is 10.7. The number of aliphatic hydroxyl groups is 1. The van der Waals surface area contributed by atoms with Crippen LogP contribution in [0.2, 0.25) is 0 Å². The van der Waals surface area contributed by atoms with Crippen LogP contribution in [0.25, 0.3) is 0 Å². The topological polar surface area (TPSA) is 38.7 Å². The van der Waals surface area contributed by atoms with E-state index in [0.29, 0.717) is 11.8 Å². The van der Waals surface area contributed by atoms with Crippen LogP contribution in [0.3, 0.4) is 0 Å². The van der Waals surface area contributed by atoms with Gasteiger partial charge in [0, 0.05) is 0 Å². The summed E-state index contributed by atoms with van der Waals surface area (Å²) in [6, 6.07) is 4.42. The molecule has 132 valence electrons. The van der Waals surface area contributed by atoms with E-state index in [4.69, 9.17) is 9.47 Å². The van der Waals surface area contributed by atoms with Crippen molar-refractivity contribution in [1.82, 2.24) is 0 Å². The van der Waals surface area contributed by atoms with Crippen molar-refractivity contribution in [2.75, 3.05) is 14.2 Å². The van der Waals surface area contributed by atoms with E-state index >= 15 is 0 Å². The highest BCUT2D eigenvalue weighted by Gasteiger charge is 2.55. The lowest BCUT2D eigenvalue weighted by atomic mass is 9.54. The first-order chi connectivity index (χ1) is 11.6.